The van der Waals surface area contributed by atoms with Gasteiger partial charge < -0.3 is 0 Å². The van der Waals surface area contributed by atoms with Crippen molar-refractivity contribution in [2.24, 2.45) is 17.8 Å². The van der Waals surface area contributed by atoms with Crippen LogP contribution in [0.1, 0.15) is 67.3 Å². The smallest absolute Gasteiger partial charge is 0.207 e. The largest absolute Gasteiger partial charge is 0.294 e. The van der Waals surface area contributed by atoms with Crippen molar-refractivity contribution < 1.29 is 9.72 Å². The molecule has 0 aromatic heterocycles. The number of hydrogen-bond acceptors (Lipinski definition) is 3. The average Bonchev–Trinajstić information content (AvgIpc) is 2.77. The summed E-state index contributed by atoms with van der Waals surface area (Å²) in [5.74, 6) is -0.333. The summed E-state index contributed by atoms with van der Waals surface area (Å²) in [5, 5.41) is 11.7. The van der Waals surface area contributed by atoms with E-state index in [0.717, 1.165) is 37.7 Å². The number of nitro groups is 1. The molecule has 0 heterocycles. The molecule has 0 bridgehead atoms. The monoisotopic (exact) mass is 393 g/mol. The Bertz CT molecular complexity index is 784. The number of benzene rings is 2. The van der Waals surface area contributed by atoms with Gasteiger partial charge in [-0.15, -0.1) is 0 Å². The van der Waals surface area contributed by atoms with Crippen LogP contribution in [0.5, 0.6) is 0 Å². The van der Waals surface area contributed by atoms with E-state index in [1.165, 1.54) is 6.42 Å². The SMILES string of the molecule is CC[C@@H](c1ccccc1)[C@@H](C(=O)c1ccccc1)[C@H](C[N+](=O)[O-])C1CCCCC1. The van der Waals surface area contributed by atoms with Crippen molar-refractivity contribution in [2.45, 2.75) is 51.4 Å². The maximum absolute atomic E-state index is 13.8. The second-order valence-corrected chi connectivity index (χ2v) is 8.26. The Morgan fingerprint density at radius 2 is 1.59 bits per heavy atom. The molecule has 29 heavy (non-hydrogen) atoms. The third kappa shape index (κ3) is 5.31. The van der Waals surface area contributed by atoms with Gasteiger partial charge in [0.15, 0.2) is 5.78 Å². The summed E-state index contributed by atoms with van der Waals surface area (Å²) in [6.07, 6.45) is 6.16. The highest BCUT2D eigenvalue weighted by molar-refractivity contribution is 5.98. The summed E-state index contributed by atoms with van der Waals surface area (Å²) >= 11 is 0. The molecule has 0 aliphatic heterocycles. The van der Waals surface area contributed by atoms with E-state index in [9.17, 15) is 14.9 Å². The van der Waals surface area contributed by atoms with Crippen LogP contribution < -0.4 is 0 Å². The molecule has 0 spiro atoms. The van der Waals surface area contributed by atoms with Gasteiger partial charge in [-0.1, -0.05) is 86.8 Å². The van der Waals surface area contributed by atoms with Crippen molar-refractivity contribution in [1.29, 1.82) is 0 Å². The Labute approximate surface area is 173 Å². The Hall–Kier alpha value is -2.49. The second kappa shape index (κ2) is 10.3. The first kappa shape index (κ1) is 21.2. The zero-order chi connectivity index (χ0) is 20.6. The molecule has 1 saturated carbocycles. The lowest BCUT2D eigenvalue weighted by atomic mass is 9.65. The van der Waals surface area contributed by atoms with Crippen LogP contribution in [0.2, 0.25) is 0 Å². The van der Waals surface area contributed by atoms with Crippen molar-refractivity contribution in [3.63, 3.8) is 0 Å². The Balaban J connectivity index is 2.05. The third-order valence-corrected chi connectivity index (χ3v) is 6.54. The third-order valence-electron chi connectivity index (χ3n) is 6.54. The standard InChI is InChI=1S/C25H31NO3/c1-2-22(19-12-6-3-7-13-19)24(25(27)21-16-10-5-11-17-21)23(18-26(28)29)20-14-8-4-9-15-20/h3,5-7,10-13,16-17,20,22-24H,2,4,8-9,14-15,18H2,1H3/t22-,23+,24+/m0/s1. The number of carbonyl (C=O) groups excluding carboxylic acids is 1. The highest BCUT2D eigenvalue weighted by atomic mass is 16.6. The maximum atomic E-state index is 13.8. The topological polar surface area (TPSA) is 60.2 Å². The van der Waals surface area contributed by atoms with Crippen LogP contribution in [-0.4, -0.2) is 17.3 Å². The molecule has 0 amide bonds. The van der Waals surface area contributed by atoms with Crippen molar-refractivity contribution in [3.05, 3.63) is 81.9 Å². The first-order valence-electron chi connectivity index (χ1n) is 10.9. The molecule has 154 valence electrons. The molecule has 2 aromatic carbocycles. The lowest BCUT2D eigenvalue weighted by Gasteiger charge is -2.37. The van der Waals surface area contributed by atoms with Gasteiger partial charge in [-0.2, -0.15) is 0 Å². The predicted octanol–water partition coefficient (Wildman–Crippen LogP) is 6.15. The Kier molecular flexibility index (Phi) is 7.56. The predicted molar refractivity (Wildman–Crippen MR) is 116 cm³/mol. The number of Topliss-reactive ketones (excluding diaryl/α,β-unsaturated/α-hetero) is 1. The highest BCUT2D eigenvalue weighted by Gasteiger charge is 2.42. The fraction of sp³-hybridized carbons (Fsp3) is 0.480. The first-order valence-corrected chi connectivity index (χ1v) is 10.9. The minimum atomic E-state index is -0.377. The van der Waals surface area contributed by atoms with Gasteiger partial charge in [-0.3, -0.25) is 14.9 Å². The van der Waals surface area contributed by atoms with E-state index < -0.39 is 0 Å². The lowest BCUT2D eigenvalue weighted by molar-refractivity contribution is -0.491. The number of rotatable bonds is 9. The molecule has 3 atom stereocenters. The minimum absolute atomic E-state index is 0.0178. The minimum Gasteiger partial charge on any atom is -0.294 e. The van der Waals surface area contributed by atoms with Gasteiger partial charge >= 0.3 is 0 Å². The highest BCUT2D eigenvalue weighted by Crippen LogP contribution is 2.43. The Morgan fingerprint density at radius 3 is 2.14 bits per heavy atom. The van der Waals surface area contributed by atoms with E-state index in [1.54, 1.807) is 0 Å². The second-order valence-electron chi connectivity index (χ2n) is 8.26. The summed E-state index contributed by atoms with van der Waals surface area (Å²) < 4.78 is 0. The molecule has 4 heteroatoms. The van der Waals surface area contributed by atoms with E-state index in [-0.39, 0.29) is 40.9 Å². The summed E-state index contributed by atoms with van der Waals surface area (Å²) in [5.41, 5.74) is 1.77. The quantitative estimate of drug-likeness (QED) is 0.291. The van der Waals surface area contributed by atoms with E-state index in [4.69, 9.17) is 0 Å². The van der Waals surface area contributed by atoms with Crippen LogP contribution in [0.15, 0.2) is 60.7 Å². The van der Waals surface area contributed by atoms with Gasteiger partial charge in [0, 0.05) is 22.3 Å². The molecule has 0 unspecified atom stereocenters. The molecule has 2 aromatic rings. The van der Waals surface area contributed by atoms with E-state index in [2.05, 4.69) is 19.1 Å². The van der Waals surface area contributed by atoms with Gasteiger partial charge in [0.05, 0.1) is 0 Å². The van der Waals surface area contributed by atoms with Crippen molar-refractivity contribution in [1.82, 2.24) is 0 Å². The number of ketones is 1. The van der Waals surface area contributed by atoms with Crippen LogP contribution in [0.4, 0.5) is 0 Å². The molecule has 0 saturated heterocycles. The summed E-state index contributed by atoms with van der Waals surface area (Å²) in [4.78, 5) is 25.2. The normalized spacial score (nSPS) is 18.0. The van der Waals surface area contributed by atoms with Gasteiger partial charge in [-0.25, -0.2) is 0 Å². The van der Waals surface area contributed by atoms with Crippen LogP contribution >= 0.6 is 0 Å². The number of nitrogens with zero attached hydrogens (tertiary/aromatic N) is 1. The van der Waals surface area contributed by atoms with E-state index in [1.807, 2.05) is 48.5 Å². The van der Waals surface area contributed by atoms with Crippen molar-refractivity contribution in [2.75, 3.05) is 6.54 Å². The fourth-order valence-electron chi connectivity index (χ4n) is 5.16. The van der Waals surface area contributed by atoms with Crippen LogP contribution in [-0.2, 0) is 0 Å². The zero-order valence-corrected chi connectivity index (χ0v) is 17.2. The molecule has 0 radical (unpaired) electrons. The Morgan fingerprint density at radius 1 is 1.00 bits per heavy atom. The average molecular weight is 394 g/mol. The summed E-state index contributed by atoms with van der Waals surface area (Å²) in [6.45, 7) is 1.96. The summed E-state index contributed by atoms with van der Waals surface area (Å²) in [6, 6.07) is 19.4. The molecule has 1 aliphatic carbocycles. The lowest BCUT2D eigenvalue weighted by Crippen LogP contribution is -2.39. The van der Waals surface area contributed by atoms with Crippen LogP contribution in [0.3, 0.4) is 0 Å². The zero-order valence-electron chi connectivity index (χ0n) is 17.2. The molecule has 0 N–H and O–H groups in total. The van der Waals surface area contributed by atoms with Gasteiger partial charge in [0.2, 0.25) is 6.54 Å². The fourth-order valence-corrected chi connectivity index (χ4v) is 5.16. The molecular formula is C25H31NO3. The van der Waals surface area contributed by atoms with Crippen molar-refractivity contribution >= 4 is 5.78 Å². The van der Waals surface area contributed by atoms with E-state index in [0.29, 0.717) is 5.56 Å². The van der Waals surface area contributed by atoms with E-state index >= 15 is 0 Å². The molecular weight excluding hydrogens is 362 g/mol. The van der Waals surface area contributed by atoms with Crippen LogP contribution in [0.25, 0.3) is 0 Å². The molecule has 4 nitrogen and oxygen atoms in total. The van der Waals surface area contributed by atoms with Gasteiger partial charge in [-0.05, 0) is 36.7 Å². The van der Waals surface area contributed by atoms with Crippen LogP contribution in [0, 0.1) is 27.9 Å². The van der Waals surface area contributed by atoms with Gasteiger partial charge in [0.1, 0.15) is 0 Å². The maximum Gasteiger partial charge on any atom is 0.207 e. The van der Waals surface area contributed by atoms with Gasteiger partial charge in [0.25, 0.3) is 0 Å². The summed E-state index contributed by atoms with van der Waals surface area (Å²) in [7, 11) is 0. The number of hydrogen-bond donors (Lipinski definition) is 0. The first-order chi connectivity index (χ1) is 14.1. The molecule has 1 aliphatic rings. The molecule has 1 fully saturated rings. The molecule has 3 rings (SSSR count). The number of carbonyl (C=O) groups is 1. The van der Waals surface area contributed by atoms with Crippen molar-refractivity contribution in [3.8, 4) is 0 Å².